The minimum atomic E-state index is -0.999. The SMILES string of the molecule is C#Cc1ccc(C(=O)NC2(C)CCN(c3ccc(-c4cc(OCC(C)(C)O)cn5ncc(C#N)c45)cn3)CC2)cc1. The number of anilines is 1. The first-order chi connectivity index (χ1) is 19.6. The van der Waals surface area contributed by atoms with E-state index in [2.05, 4.69) is 34.2 Å². The number of nitrogens with zero attached hydrogens (tertiary/aromatic N) is 5. The average molecular weight is 549 g/mol. The smallest absolute Gasteiger partial charge is 0.251 e. The average Bonchev–Trinajstić information content (AvgIpc) is 3.39. The van der Waals surface area contributed by atoms with Gasteiger partial charge in [-0.15, -0.1) is 6.42 Å². The first-order valence-corrected chi connectivity index (χ1v) is 13.4. The number of hydrogen-bond donors (Lipinski definition) is 2. The van der Waals surface area contributed by atoms with E-state index in [9.17, 15) is 15.2 Å². The quantitative estimate of drug-likeness (QED) is 0.333. The summed E-state index contributed by atoms with van der Waals surface area (Å²) in [5.41, 5.74) is 2.69. The number of carbonyl (C=O) groups excluding carboxylic acids is 1. The molecule has 3 aromatic heterocycles. The Kier molecular flexibility index (Phi) is 7.40. The van der Waals surface area contributed by atoms with Gasteiger partial charge in [-0.3, -0.25) is 4.79 Å². The van der Waals surface area contributed by atoms with Gasteiger partial charge in [0.2, 0.25) is 0 Å². The number of carbonyl (C=O) groups is 1. The van der Waals surface area contributed by atoms with Crippen molar-refractivity contribution in [3.05, 3.63) is 77.7 Å². The summed E-state index contributed by atoms with van der Waals surface area (Å²) >= 11 is 0. The minimum Gasteiger partial charge on any atom is -0.489 e. The second-order valence-corrected chi connectivity index (χ2v) is 11.3. The maximum Gasteiger partial charge on any atom is 0.251 e. The molecule has 208 valence electrons. The van der Waals surface area contributed by atoms with Crippen LogP contribution in [-0.4, -0.2) is 56.4 Å². The number of terminal acetylenes is 1. The summed E-state index contributed by atoms with van der Waals surface area (Å²) in [5.74, 6) is 3.82. The van der Waals surface area contributed by atoms with E-state index in [1.165, 1.54) is 6.20 Å². The molecule has 0 atom stereocenters. The van der Waals surface area contributed by atoms with E-state index < -0.39 is 5.60 Å². The zero-order valence-corrected chi connectivity index (χ0v) is 23.4. The van der Waals surface area contributed by atoms with Gasteiger partial charge in [-0.1, -0.05) is 5.92 Å². The van der Waals surface area contributed by atoms with Gasteiger partial charge < -0.3 is 20.1 Å². The Balaban J connectivity index is 1.30. The summed E-state index contributed by atoms with van der Waals surface area (Å²) in [6, 6.07) is 15.0. The molecule has 0 unspecified atom stereocenters. The van der Waals surface area contributed by atoms with E-state index in [1.807, 2.05) is 18.2 Å². The molecular weight excluding hydrogens is 516 g/mol. The number of aliphatic hydroxyl groups is 1. The summed E-state index contributed by atoms with van der Waals surface area (Å²) in [6.07, 6.45) is 12.0. The van der Waals surface area contributed by atoms with Crippen LogP contribution < -0.4 is 15.0 Å². The molecule has 0 spiro atoms. The fourth-order valence-electron chi connectivity index (χ4n) is 4.89. The van der Waals surface area contributed by atoms with Gasteiger partial charge >= 0.3 is 0 Å². The summed E-state index contributed by atoms with van der Waals surface area (Å²) in [6.45, 7) is 7.01. The van der Waals surface area contributed by atoms with Crippen LogP contribution in [0.15, 0.2) is 61.1 Å². The first-order valence-electron chi connectivity index (χ1n) is 13.4. The topological polar surface area (TPSA) is 116 Å². The van der Waals surface area contributed by atoms with E-state index in [1.54, 1.807) is 55.0 Å². The normalized spacial score (nSPS) is 14.7. The number of pyridine rings is 2. The number of nitriles is 1. The van der Waals surface area contributed by atoms with Crippen LogP contribution in [0.2, 0.25) is 0 Å². The van der Waals surface area contributed by atoms with E-state index in [0.717, 1.165) is 48.4 Å². The molecule has 4 heterocycles. The molecule has 1 fully saturated rings. The fourth-order valence-corrected chi connectivity index (χ4v) is 4.89. The third kappa shape index (κ3) is 6.16. The minimum absolute atomic E-state index is 0.105. The van der Waals surface area contributed by atoms with Gasteiger partial charge in [-0.2, -0.15) is 10.4 Å². The van der Waals surface area contributed by atoms with Crippen molar-refractivity contribution in [1.29, 1.82) is 5.26 Å². The van der Waals surface area contributed by atoms with Crippen LogP contribution in [0.5, 0.6) is 5.75 Å². The van der Waals surface area contributed by atoms with Gasteiger partial charge in [0.1, 0.15) is 24.2 Å². The zero-order valence-electron chi connectivity index (χ0n) is 23.4. The Morgan fingerprint density at radius 3 is 2.54 bits per heavy atom. The Morgan fingerprint density at radius 1 is 1.20 bits per heavy atom. The molecule has 9 heteroatoms. The maximum absolute atomic E-state index is 12.8. The third-order valence-corrected chi connectivity index (χ3v) is 7.28. The molecule has 0 bridgehead atoms. The van der Waals surface area contributed by atoms with Gasteiger partial charge in [0.25, 0.3) is 5.91 Å². The molecule has 1 aromatic carbocycles. The van der Waals surface area contributed by atoms with E-state index in [-0.39, 0.29) is 18.1 Å². The number of aromatic nitrogens is 3. The second-order valence-electron chi connectivity index (χ2n) is 11.3. The summed E-state index contributed by atoms with van der Waals surface area (Å²) in [5, 5.41) is 27.3. The maximum atomic E-state index is 12.8. The van der Waals surface area contributed by atoms with Crippen molar-refractivity contribution in [2.24, 2.45) is 0 Å². The number of ether oxygens (including phenoxy) is 1. The number of amides is 1. The number of hydrogen-bond acceptors (Lipinski definition) is 7. The fraction of sp³-hybridized carbons (Fsp3) is 0.312. The lowest BCUT2D eigenvalue weighted by Crippen LogP contribution is -2.53. The first kappa shape index (κ1) is 27.7. The van der Waals surface area contributed by atoms with Gasteiger partial charge in [-0.05, 0) is 76.1 Å². The Bertz CT molecular complexity index is 1650. The molecule has 1 amide bonds. The van der Waals surface area contributed by atoms with Crippen molar-refractivity contribution in [3.63, 3.8) is 0 Å². The van der Waals surface area contributed by atoms with Crippen molar-refractivity contribution in [1.82, 2.24) is 19.9 Å². The van der Waals surface area contributed by atoms with Crippen LogP contribution >= 0.6 is 0 Å². The van der Waals surface area contributed by atoms with Crippen LogP contribution in [0.3, 0.4) is 0 Å². The standard InChI is InChI=1S/C32H32N6O3/c1-5-22-6-8-23(9-7-22)30(39)36-32(4)12-14-37(15-13-32)28-11-10-24(18-34-28)27-16-26(41-21-31(2,3)40)20-38-29(27)25(17-33)19-35-38/h1,6-11,16,18-20,40H,12-15,21H2,2-4H3,(H,36,39). The Morgan fingerprint density at radius 2 is 1.93 bits per heavy atom. The predicted octanol–water partition coefficient (Wildman–Crippen LogP) is 4.19. The van der Waals surface area contributed by atoms with Crippen LogP contribution in [0, 0.1) is 23.7 Å². The van der Waals surface area contributed by atoms with E-state index >= 15 is 0 Å². The summed E-state index contributed by atoms with van der Waals surface area (Å²) in [4.78, 5) is 19.8. The number of nitrogens with one attached hydrogen (secondary N) is 1. The highest BCUT2D eigenvalue weighted by atomic mass is 16.5. The summed E-state index contributed by atoms with van der Waals surface area (Å²) in [7, 11) is 0. The van der Waals surface area contributed by atoms with Crippen LogP contribution in [0.1, 0.15) is 55.1 Å². The lowest BCUT2D eigenvalue weighted by molar-refractivity contribution is 0.0283. The largest absolute Gasteiger partial charge is 0.489 e. The van der Waals surface area contributed by atoms with Gasteiger partial charge in [0.15, 0.2) is 0 Å². The molecule has 2 N–H and O–H groups in total. The van der Waals surface area contributed by atoms with Crippen LogP contribution in [0.25, 0.3) is 16.6 Å². The molecule has 1 aliphatic heterocycles. The van der Waals surface area contributed by atoms with Gasteiger partial charge in [0, 0.05) is 47.1 Å². The van der Waals surface area contributed by atoms with Crippen LogP contribution in [-0.2, 0) is 0 Å². The molecule has 0 aliphatic carbocycles. The van der Waals surface area contributed by atoms with Gasteiger partial charge in [-0.25, -0.2) is 9.50 Å². The van der Waals surface area contributed by atoms with Gasteiger partial charge in [0.05, 0.1) is 29.1 Å². The monoisotopic (exact) mass is 548 g/mol. The Hall–Kier alpha value is -4.86. The van der Waals surface area contributed by atoms with E-state index in [4.69, 9.17) is 16.1 Å². The van der Waals surface area contributed by atoms with Crippen molar-refractivity contribution in [2.45, 2.75) is 44.8 Å². The number of fused-ring (bicyclic) bond motifs is 1. The van der Waals surface area contributed by atoms with Crippen molar-refractivity contribution in [2.75, 3.05) is 24.6 Å². The lowest BCUT2D eigenvalue weighted by Gasteiger charge is -2.40. The molecule has 9 nitrogen and oxygen atoms in total. The van der Waals surface area contributed by atoms with E-state index in [0.29, 0.717) is 22.4 Å². The molecule has 0 radical (unpaired) electrons. The van der Waals surface area contributed by atoms with Crippen molar-refractivity contribution >= 4 is 17.2 Å². The molecular formula is C32H32N6O3. The third-order valence-electron chi connectivity index (χ3n) is 7.28. The summed E-state index contributed by atoms with van der Waals surface area (Å²) < 4.78 is 7.44. The molecule has 4 aromatic rings. The molecule has 1 aliphatic rings. The predicted molar refractivity (Wildman–Crippen MR) is 157 cm³/mol. The number of rotatable bonds is 7. The second kappa shape index (κ2) is 11.0. The van der Waals surface area contributed by atoms with Crippen molar-refractivity contribution in [3.8, 4) is 35.3 Å². The highest BCUT2D eigenvalue weighted by Gasteiger charge is 2.32. The number of piperidine rings is 1. The Labute approximate surface area is 239 Å². The highest BCUT2D eigenvalue weighted by Crippen LogP contribution is 2.32. The zero-order chi connectivity index (χ0) is 29.2. The molecule has 41 heavy (non-hydrogen) atoms. The molecule has 1 saturated heterocycles. The van der Waals surface area contributed by atoms with Crippen LogP contribution in [0.4, 0.5) is 5.82 Å². The lowest BCUT2D eigenvalue weighted by atomic mass is 9.89. The molecule has 0 saturated carbocycles. The molecule has 5 rings (SSSR count). The number of benzene rings is 1. The highest BCUT2D eigenvalue weighted by molar-refractivity contribution is 5.94. The van der Waals surface area contributed by atoms with Crippen molar-refractivity contribution < 1.29 is 14.6 Å².